The molecular formula is C12H22N2O4. The fourth-order valence-electron chi connectivity index (χ4n) is 1.55. The highest BCUT2D eigenvalue weighted by atomic mass is 16.4. The van der Waals surface area contributed by atoms with Crippen LogP contribution in [0.4, 0.5) is 0 Å². The van der Waals surface area contributed by atoms with Gasteiger partial charge in [-0.05, 0) is 20.3 Å². The van der Waals surface area contributed by atoms with E-state index >= 15 is 0 Å². The summed E-state index contributed by atoms with van der Waals surface area (Å²) in [6, 6.07) is 0. The van der Waals surface area contributed by atoms with E-state index < -0.39 is 5.97 Å². The van der Waals surface area contributed by atoms with Crippen LogP contribution in [0.2, 0.25) is 0 Å². The molecule has 18 heavy (non-hydrogen) atoms. The summed E-state index contributed by atoms with van der Waals surface area (Å²) in [5.41, 5.74) is 0. The Kier molecular flexibility index (Phi) is 7.74. The van der Waals surface area contributed by atoms with Crippen molar-refractivity contribution in [3.8, 4) is 0 Å². The molecule has 1 N–H and O–H groups in total. The largest absolute Gasteiger partial charge is 0.481 e. The predicted octanol–water partition coefficient (Wildman–Crippen LogP) is 0.568. The summed E-state index contributed by atoms with van der Waals surface area (Å²) in [4.78, 5) is 36.7. The fraction of sp³-hybridized carbons (Fsp3) is 0.750. The number of carbonyl (C=O) groups excluding carboxylic acids is 2. The lowest BCUT2D eigenvalue weighted by Gasteiger charge is -2.23. The van der Waals surface area contributed by atoms with Gasteiger partial charge < -0.3 is 14.9 Å². The molecule has 0 unspecified atom stereocenters. The molecule has 0 aliphatic heterocycles. The maximum atomic E-state index is 11.7. The third kappa shape index (κ3) is 6.22. The number of hydrogen-bond acceptors (Lipinski definition) is 3. The number of nitrogens with zero attached hydrogens (tertiary/aromatic N) is 2. The molecule has 0 aliphatic carbocycles. The zero-order valence-electron chi connectivity index (χ0n) is 11.3. The van der Waals surface area contributed by atoms with Crippen molar-refractivity contribution in [2.45, 2.75) is 33.1 Å². The van der Waals surface area contributed by atoms with E-state index in [0.29, 0.717) is 19.5 Å². The standard InChI is InChI=1S/C12H22N2O4/c1-4-14(5-2)11(16)9-13(3)10(15)7-6-8-12(17)18/h4-9H2,1-3H3,(H,17,18). The molecule has 0 atom stereocenters. The molecule has 6 heteroatoms. The third-order valence-corrected chi connectivity index (χ3v) is 2.70. The molecule has 0 bridgehead atoms. The van der Waals surface area contributed by atoms with Gasteiger partial charge in [-0.2, -0.15) is 0 Å². The van der Waals surface area contributed by atoms with Crippen LogP contribution in [0.5, 0.6) is 0 Å². The lowest BCUT2D eigenvalue weighted by atomic mass is 10.2. The van der Waals surface area contributed by atoms with Crippen molar-refractivity contribution in [3.05, 3.63) is 0 Å². The molecule has 0 aromatic rings. The average molecular weight is 258 g/mol. The molecule has 0 spiro atoms. The van der Waals surface area contributed by atoms with E-state index in [1.54, 1.807) is 11.9 Å². The Morgan fingerprint density at radius 2 is 1.56 bits per heavy atom. The van der Waals surface area contributed by atoms with Gasteiger partial charge in [0.2, 0.25) is 11.8 Å². The summed E-state index contributed by atoms with van der Waals surface area (Å²) in [7, 11) is 1.56. The molecule has 0 radical (unpaired) electrons. The third-order valence-electron chi connectivity index (χ3n) is 2.70. The van der Waals surface area contributed by atoms with Crippen LogP contribution < -0.4 is 0 Å². The second-order valence-corrected chi connectivity index (χ2v) is 4.06. The minimum atomic E-state index is -0.912. The average Bonchev–Trinajstić information content (AvgIpc) is 2.29. The highest BCUT2D eigenvalue weighted by Crippen LogP contribution is 2.00. The van der Waals surface area contributed by atoms with E-state index in [4.69, 9.17) is 5.11 Å². The van der Waals surface area contributed by atoms with Gasteiger partial charge in [-0.3, -0.25) is 14.4 Å². The van der Waals surface area contributed by atoms with Crippen molar-refractivity contribution in [2.75, 3.05) is 26.7 Å². The van der Waals surface area contributed by atoms with Crippen LogP contribution in [0.1, 0.15) is 33.1 Å². The van der Waals surface area contributed by atoms with Crippen LogP contribution >= 0.6 is 0 Å². The Morgan fingerprint density at radius 1 is 1.00 bits per heavy atom. The van der Waals surface area contributed by atoms with E-state index in [9.17, 15) is 14.4 Å². The number of carbonyl (C=O) groups is 3. The summed E-state index contributed by atoms with van der Waals surface area (Å²) in [5.74, 6) is -1.20. The molecule has 0 rings (SSSR count). The minimum Gasteiger partial charge on any atom is -0.481 e. The van der Waals surface area contributed by atoms with E-state index in [1.165, 1.54) is 4.90 Å². The van der Waals surface area contributed by atoms with Gasteiger partial charge in [0, 0.05) is 33.0 Å². The number of likely N-dealkylation sites (N-methyl/N-ethyl adjacent to an activating group) is 2. The van der Waals surface area contributed by atoms with Gasteiger partial charge in [0.05, 0.1) is 6.54 Å². The molecule has 0 aromatic heterocycles. The fourth-order valence-corrected chi connectivity index (χ4v) is 1.55. The van der Waals surface area contributed by atoms with Crippen molar-refractivity contribution in [1.29, 1.82) is 0 Å². The lowest BCUT2D eigenvalue weighted by Crippen LogP contribution is -2.40. The van der Waals surface area contributed by atoms with Crippen LogP contribution in [0, 0.1) is 0 Å². The summed E-state index contributed by atoms with van der Waals surface area (Å²) in [5, 5.41) is 8.46. The predicted molar refractivity (Wildman–Crippen MR) is 67.1 cm³/mol. The monoisotopic (exact) mass is 258 g/mol. The SMILES string of the molecule is CCN(CC)C(=O)CN(C)C(=O)CCCC(=O)O. The first-order valence-electron chi connectivity index (χ1n) is 6.15. The Bertz CT molecular complexity index is 300. The molecule has 0 fully saturated rings. The van der Waals surface area contributed by atoms with E-state index in [2.05, 4.69) is 0 Å². The normalized spacial score (nSPS) is 9.94. The number of carboxylic acid groups (broad SMARTS) is 1. The zero-order valence-corrected chi connectivity index (χ0v) is 11.3. The van der Waals surface area contributed by atoms with Crippen LogP contribution in [-0.4, -0.2) is 59.4 Å². The molecule has 0 saturated carbocycles. The van der Waals surface area contributed by atoms with Crippen molar-refractivity contribution >= 4 is 17.8 Å². The summed E-state index contributed by atoms with van der Waals surface area (Å²) in [6.45, 7) is 5.06. The lowest BCUT2D eigenvalue weighted by molar-refractivity contribution is -0.140. The zero-order chi connectivity index (χ0) is 14.1. The number of hydrogen-bond donors (Lipinski definition) is 1. The highest BCUT2D eigenvalue weighted by molar-refractivity contribution is 5.84. The second kappa shape index (κ2) is 8.49. The minimum absolute atomic E-state index is 0.0242. The Hall–Kier alpha value is -1.59. The van der Waals surface area contributed by atoms with Gasteiger partial charge >= 0.3 is 5.97 Å². The highest BCUT2D eigenvalue weighted by Gasteiger charge is 2.16. The molecule has 0 aromatic carbocycles. The number of rotatable bonds is 8. The van der Waals surface area contributed by atoms with Crippen LogP contribution in [0.3, 0.4) is 0 Å². The maximum Gasteiger partial charge on any atom is 0.303 e. The van der Waals surface area contributed by atoms with Gasteiger partial charge in [-0.1, -0.05) is 0 Å². The quantitative estimate of drug-likeness (QED) is 0.690. The van der Waals surface area contributed by atoms with Gasteiger partial charge in [-0.25, -0.2) is 0 Å². The first-order chi connectivity index (χ1) is 8.42. The molecule has 104 valence electrons. The molecule has 0 heterocycles. The molecule has 2 amide bonds. The van der Waals surface area contributed by atoms with Crippen molar-refractivity contribution in [1.82, 2.24) is 9.80 Å². The Balaban J connectivity index is 4.07. The first-order valence-corrected chi connectivity index (χ1v) is 6.15. The molecule has 0 saturated heterocycles. The number of amides is 2. The topological polar surface area (TPSA) is 77.9 Å². The molecule has 6 nitrogen and oxygen atoms in total. The summed E-state index contributed by atoms with van der Waals surface area (Å²) < 4.78 is 0. The van der Waals surface area contributed by atoms with Crippen LogP contribution in [-0.2, 0) is 14.4 Å². The van der Waals surface area contributed by atoms with E-state index in [-0.39, 0.29) is 31.2 Å². The van der Waals surface area contributed by atoms with Crippen molar-refractivity contribution < 1.29 is 19.5 Å². The van der Waals surface area contributed by atoms with E-state index in [1.807, 2.05) is 13.8 Å². The van der Waals surface area contributed by atoms with Gasteiger partial charge in [0.15, 0.2) is 0 Å². The van der Waals surface area contributed by atoms with Crippen molar-refractivity contribution in [2.24, 2.45) is 0 Å². The van der Waals surface area contributed by atoms with Gasteiger partial charge in [0.1, 0.15) is 0 Å². The van der Waals surface area contributed by atoms with E-state index in [0.717, 1.165) is 0 Å². The Labute approximate surface area is 108 Å². The van der Waals surface area contributed by atoms with Crippen LogP contribution in [0.15, 0.2) is 0 Å². The Morgan fingerprint density at radius 3 is 2.00 bits per heavy atom. The summed E-state index contributed by atoms with van der Waals surface area (Å²) >= 11 is 0. The number of aliphatic carboxylic acids is 1. The van der Waals surface area contributed by atoms with Crippen LogP contribution in [0.25, 0.3) is 0 Å². The molecule has 0 aliphatic rings. The maximum absolute atomic E-state index is 11.7. The number of carboxylic acids is 1. The van der Waals surface area contributed by atoms with Gasteiger partial charge in [-0.15, -0.1) is 0 Å². The smallest absolute Gasteiger partial charge is 0.303 e. The van der Waals surface area contributed by atoms with Crippen molar-refractivity contribution in [3.63, 3.8) is 0 Å². The first kappa shape index (κ1) is 16.4. The van der Waals surface area contributed by atoms with Gasteiger partial charge in [0.25, 0.3) is 0 Å². The second-order valence-electron chi connectivity index (χ2n) is 4.06. The summed E-state index contributed by atoms with van der Waals surface area (Å²) in [6.07, 6.45) is 0.440. The molecular weight excluding hydrogens is 236 g/mol.